The number of carbonyl (C=O) groups is 1. The molecule has 4 heteroatoms. The van der Waals surface area contributed by atoms with Crippen LogP contribution in [-0.2, 0) is 4.74 Å². The van der Waals surface area contributed by atoms with Gasteiger partial charge in [0.2, 0.25) is 0 Å². The first-order valence-corrected chi connectivity index (χ1v) is 5.35. The van der Waals surface area contributed by atoms with Crippen LogP contribution in [0.4, 0.5) is 5.69 Å². The van der Waals surface area contributed by atoms with Gasteiger partial charge in [-0.15, -0.1) is 0 Å². The van der Waals surface area contributed by atoms with Gasteiger partial charge in [0.05, 0.1) is 24.2 Å². The van der Waals surface area contributed by atoms with Crippen LogP contribution in [0.25, 0.3) is 0 Å². The third-order valence-corrected chi connectivity index (χ3v) is 3.35. The van der Waals surface area contributed by atoms with Gasteiger partial charge in [0.15, 0.2) is 0 Å². The standard InChI is InChI=1S/C12H13NO3/c14-11(15)9-1-3-10(4-2-9)13-5-12(6-13)7-16-8-12/h1-4H,5-8H2,(H,14,15). The summed E-state index contributed by atoms with van der Waals surface area (Å²) in [5.41, 5.74) is 1.83. The van der Waals surface area contributed by atoms with Gasteiger partial charge in [0, 0.05) is 18.8 Å². The molecule has 0 atom stereocenters. The fraction of sp³-hybridized carbons (Fsp3) is 0.417. The second-order valence-corrected chi connectivity index (χ2v) is 4.70. The molecule has 1 aromatic carbocycles. The van der Waals surface area contributed by atoms with Crippen LogP contribution in [0.1, 0.15) is 10.4 Å². The van der Waals surface area contributed by atoms with Gasteiger partial charge in [-0.25, -0.2) is 4.79 Å². The van der Waals surface area contributed by atoms with Gasteiger partial charge >= 0.3 is 5.97 Å². The number of ether oxygens (including phenoxy) is 1. The summed E-state index contributed by atoms with van der Waals surface area (Å²) >= 11 is 0. The average molecular weight is 219 g/mol. The molecule has 2 fully saturated rings. The number of nitrogens with zero attached hydrogens (tertiary/aromatic N) is 1. The normalized spacial score (nSPS) is 21.4. The Balaban J connectivity index is 1.69. The van der Waals surface area contributed by atoms with Crippen LogP contribution in [-0.4, -0.2) is 37.4 Å². The fourth-order valence-corrected chi connectivity index (χ4v) is 2.33. The predicted octanol–water partition coefficient (Wildman–Crippen LogP) is 1.22. The van der Waals surface area contributed by atoms with E-state index in [4.69, 9.17) is 9.84 Å². The Labute approximate surface area is 93.4 Å². The second kappa shape index (κ2) is 3.22. The third-order valence-electron chi connectivity index (χ3n) is 3.35. The van der Waals surface area contributed by atoms with Gasteiger partial charge in [-0.3, -0.25) is 0 Å². The van der Waals surface area contributed by atoms with E-state index in [1.165, 1.54) is 0 Å². The van der Waals surface area contributed by atoms with E-state index in [0.29, 0.717) is 11.0 Å². The summed E-state index contributed by atoms with van der Waals surface area (Å²) in [5, 5.41) is 8.79. The van der Waals surface area contributed by atoms with E-state index in [1.54, 1.807) is 12.1 Å². The predicted molar refractivity (Wildman–Crippen MR) is 58.9 cm³/mol. The minimum absolute atomic E-state index is 0.339. The molecule has 2 aliphatic rings. The molecule has 0 radical (unpaired) electrons. The molecular formula is C12H13NO3. The molecule has 0 unspecified atom stereocenters. The van der Waals surface area contributed by atoms with Crippen molar-refractivity contribution in [1.29, 1.82) is 0 Å². The minimum Gasteiger partial charge on any atom is -0.478 e. The lowest BCUT2D eigenvalue weighted by Crippen LogP contribution is -2.66. The highest BCUT2D eigenvalue weighted by molar-refractivity contribution is 5.88. The number of hydrogen-bond acceptors (Lipinski definition) is 3. The molecular weight excluding hydrogens is 206 g/mol. The van der Waals surface area contributed by atoms with Gasteiger partial charge in [0.1, 0.15) is 0 Å². The second-order valence-electron chi connectivity index (χ2n) is 4.70. The van der Waals surface area contributed by atoms with Crippen molar-refractivity contribution in [2.75, 3.05) is 31.2 Å². The van der Waals surface area contributed by atoms with E-state index in [9.17, 15) is 4.79 Å². The summed E-state index contributed by atoms with van der Waals surface area (Å²) in [4.78, 5) is 13.0. The number of hydrogen-bond donors (Lipinski definition) is 1. The summed E-state index contributed by atoms with van der Waals surface area (Å²) in [6, 6.07) is 7.05. The molecule has 16 heavy (non-hydrogen) atoms. The van der Waals surface area contributed by atoms with Gasteiger partial charge in [-0.05, 0) is 24.3 Å². The zero-order valence-corrected chi connectivity index (χ0v) is 8.85. The third kappa shape index (κ3) is 1.38. The number of rotatable bonds is 2. The maximum Gasteiger partial charge on any atom is 0.335 e. The molecule has 0 amide bonds. The van der Waals surface area contributed by atoms with E-state index in [2.05, 4.69) is 4.90 Å². The van der Waals surface area contributed by atoms with Crippen LogP contribution in [0.3, 0.4) is 0 Å². The van der Waals surface area contributed by atoms with Gasteiger partial charge in [-0.1, -0.05) is 0 Å². The number of anilines is 1. The summed E-state index contributed by atoms with van der Waals surface area (Å²) < 4.78 is 5.21. The molecule has 3 rings (SSSR count). The van der Waals surface area contributed by atoms with E-state index < -0.39 is 5.97 Å². The van der Waals surface area contributed by atoms with Gasteiger partial charge in [0.25, 0.3) is 0 Å². The lowest BCUT2D eigenvalue weighted by atomic mass is 9.78. The van der Waals surface area contributed by atoms with Gasteiger partial charge in [-0.2, -0.15) is 0 Å². The highest BCUT2D eigenvalue weighted by Gasteiger charge is 2.48. The monoisotopic (exact) mass is 219 g/mol. The number of benzene rings is 1. The minimum atomic E-state index is -0.876. The van der Waals surface area contributed by atoms with Crippen LogP contribution < -0.4 is 4.90 Å². The Bertz CT molecular complexity index is 414. The highest BCUT2D eigenvalue weighted by atomic mass is 16.5. The molecule has 0 bridgehead atoms. The van der Waals surface area contributed by atoms with Crippen LogP contribution in [0.2, 0.25) is 0 Å². The zero-order valence-electron chi connectivity index (χ0n) is 8.85. The first-order valence-electron chi connectivity index (χ1n) is 5.35. The fourth-order valence-electron chi connectivity index (χ4n) is 2.33. The zero-order chi connectivity index (χ0) is 11.2. The average Bonchev–Trinajstić information content (AvgIpc) is 2.14. The van der Waals surface area contributed by atoms with Crippen molar-refractivity contribution >= 4 is 11.7 Å². The first kappa shape index (κ1) is 9.66. The quantitative estimate of drug-likeness (QED) is 0.812. The topological polar surface area (TPSA) is 49.8 Å². The molecule has 0 saturated carbocycles. The van der Waals surface area contributed by atoms with Crippen LogP contribution in [0, 0.1) is 5.41 Å². The lowest BCUT2D eigenvalue weighted by molar-refractivity contribution is -0.127. The van der Waals surface area contributed by atoms with Crippen molar-refractivity contribution in [3.05, 3.63) is 29.8 Å². The Hall–Kier alpha value is -1.55. The van der Waals surface area contributed by atoms with Crippen molar-refractivity contribution in [3.63, 3.8) is 0 Å². The summed E-state index contributed by atoms with van der Waals surface area (Å²) in [6.07, 6.45) is 0. The van der Waals surface area contributed by atoms with Crippen molar-refractivity contribution in [2.24, 2.45) is 5.41 Å². The summed E-state index contributed by atoms with van der Waals surface area (Å²) in [5.74, 6) is -0.876. The smallest absolute Gasteiger partial charge is 0.335 e. The first-order chi connectivity index (χ1) is 7.69. The molecule has 1 N–H and O–H groups in total. The molecule has 2 saturated heterocycles. The van der Waals surface area contributed by atoms with Gasteiger partial charge < -0.3 is 14.7 Å². The SMILES string of the molecule is O=C(O)c1ccc(N2CC3(COC3)C2)cc1. The number of carboxylic acid groups (broad SMARTS) is 1. The Morgan fingerprint density at radius 1 is 1.25 bits per heavy atom. The Morgan fingerprint density at radius 3 is 2.31 bits per heavy atom. The van der Waals surface area contributed by atoms with Crippen molar-refractivity contribution in [2.45, 2.75) is 0 Å². The molecule has 1 spiro atoms. The lowest BCUT2D eigenvalue weighted by Gasteiger charge is -2.56. The molecule has 0 aromatic heterocycles. The number of carboxylic acids is 1. The van der Waals surface area contributed by atoms with Crippen molar-refractivity contribution in [1.82, 2.24) is 0 Å². The van der Waals surface area contributed by atoms with E-state index in [1.807, 2.05) is 12.1 Å². The molecule has 4 nitrogen and oxygen atoms in total. The molecule has 2 aliphatic heterocycles. The van der Waals surface area contributed by atoms with Crippen LogP contribution >= 0.6 is 0 Å². The van der Waals surface area contributed by atoms with Crippen molar-refractivity contribution in [3.8, 4) is 0 Å². The molecule has 2 heterocycles. The van der Waals surface area contributed by atoms with Crippen molar-refractivity contribution < 1.29 is 14.6 Å². The molecule has 0 aliphatic carbocycles. The maximum absolute atomic E-state index is 10.7. The molecule has 84 valence electrons. The largest absolute Gasteiger partial charge is 0.478 e. The Kier molecular flexibility index (Phi) is 1.94. The van der Waals surface area contributed by atoms with Crippen LogP contribution in [0.5, 0.6) is 0 Å². The van der Waals surface area contributed by atoms with E-state index >= 15 is 0 Å². The van der Waals surface area contributed by atoms with E-state index in [-0.39, 0.29) is 0 Å². The Morgan fingerprint density at radius 2 is 1.88 bits per heavy atom. The molecule has 1 aromatic rings. The van der Waals surface area contributed by atoms with Crippen LogP contribution in [0.15, 0.2) is 24.3 Å². The highest BCUT2D eigenvalue weighted by Crippen LogP contribution is 2.40. The van der Waals surface area contributed by atoms with E-state index in [0.717, 1.165) is 32.0 Å². The summed E-state index contributed by atoms with van der Waals surface area (Å²) in [6.45, 7) is 3.80. The summed E-state index contributed by atoms with van der Waals surface area (Å²) in [7, 11) is 0. The maximum atomic E-state index is 10.7. The number of aromatic carboxylic acids is 1.